The molecule has 0 saturated carbocycles. The highest BCUT2D eigenvalue weighted by atomic mass is 19.4. The average Bonchev–Trinajstić information content (AvgIpc) is 2.94. The SMILES string of the molecule is N#CCC(N)c1ccc(-c2nc(N3CC[C@@H]3C(F)(F)F)nc3c2CCC3(F)F)cc1. The Morgan fingerprint density at radius 2 is 1.93 bits per heavy atom. The Hall–Kier alpha value is -2.80. The monoisotopic (exact) mass is 423 g/mol. The van der Waals surface area contributed by atoms with Crippen LogP contribution in [0, 0.1) is 11.3 Å². The Morgan fingerprint density at radius 1 is 1.23 bits per heavy atom. The van der Waals surface area contributed by atoms with Gasteiger partial charge in [0.25, 0.3) is 5.92 Å². The van der Waals surface area contributed by atoms with Crippen molar-refractivity contribution < 1.29 is 22.0 Å². The summed E-state index contributed by atoms with van der Waals surface area (Å²) in [5, 5.41) is 8.77. The molecule has 4 rings (SSSR count). The predicted molar refractivity (Wildman–Crippen MR) is 98.6 cm³/mol. The van der Waals surface area contributed by atoms with Crippen molar-refractivity contribution in [1.82, 2.24) is 9.97 Å². The molecule has 0 amide bonds. The number of alkyl halides is 5. The molecule has 1 aromatic heterocycles. The van der Waals surface area contributed by atoms with Gasteiger partial charge in [-0.2, -0.15) is 27.2 Å². The first-order valence-electron chi connectivity index (χ1n) is 9.47. The summed E-state index contributed by atoms with van der Waals surface area (Å²) in [6.07, 6.45) is -4.91. The van der Waals surface area contributed by atoms with Crippen molar-refractivity contribution in [3.05, 3.63) is 41.1 Å². The van der Waals surface area contributed by atoms with E-state index in [-0.39, 0.29) is 43.0 Å². The molecule has 2 atom stereocenters. The lowest BCUT2D eigenvalue weighted by Crippen LogP contribution is -2.56. The van der Waals surface area contributed by atoms with Crippen molar-refractivity contribution in [1.29, 1.82) is 5.26 Å². The number of anilines is 1. The minimum absolute atomic E-state index is 0.0380. The van der Waals surface area contributed by atoms with Crippen LogP contribution in [0.4, 0.5) is 27.9 Å². The van der Waals surface area contributed by atoms with Gasteiger partial charge in [-0.3, -0.25) is 0 Å². The first-order valence-corrected chi connectivity index (χ1v) is 9.47. The van der Waals surface area contributed by atoms with E-state index in [4.69, 9.17) is 11.0 Å². The summed E-state index contributed by atoms with van der Waals surface area (Å²) in [5.41, 5.74) is 7.05. The molecule has 0 radical (unpaired) electrons. The van der Waals surface area contributed by atoms with Gasteiger partial charge in [-0.1, -0.05) is 24.3 Å². The van der Waals surface area contributed by atoms with Crippen LogP contribution < -0.4 is 10.6 Å². The fourth-order valence-corrected chi connectivity index (χ4v) is 3.85. The molecule has 30 heavy (non-hydrogen) atoms. The fourth-order valence-electron chi connectivity index (χ4n) is 3.85. The summed E-state index contributed by atoms with van der Waals surface area (Å²) in [5.74, 6) is -3.54. The van der Waals surface area contributed by atoms with E-state index in [9.17, 15) is 22.0 Å². The number of benzene rings is 1. The van der Waals surface area contributed by atoms with Crippen LogP contribution in [-0.4, -0.2) is 28.7 Å². The lowest BCUT2D eigenvalue weighted by Gasteiger charge is -2.42. The van der Waals surface area contributed by atoms with Crippen LogP contribution in [0.25, 0.3) is 11.3 Å². The second-order valence-electron chi connectivity index (χ2n) is 7.53. The van der Waals surface area contributed by atoms with Crippen LogP contribution in [-0.2, 0) is 12.3 Å². The standard InChI is InChI=1S/C20H18F5N5/c21-19(22)8-5-13-16(12-3-1-11(2-4-12)14(27)6-9-26)28-18(29-17(13)19)30-10-7-15(30)20(23,24)25/h1-4,14-15H,5-8,10,27H2/t14?,15-/m1/s1. The molecule has 158 valence electrons. The van der Waals surface area contributed by atoms with Crippen LogP contribution in [0.5, 0.6) is 0 Å². The minimum Gasteiger partial charge on any atom is -0.329 e. The molecule has 5 nitrogen and oxygen atoms in total. The summed E-state index contributed by atoms with van der Waals surface area (Å²) in [6, 6.07) is 6.31. The molecule has 2 aliphatic rings. The lowest BCUT2D eigenvalue weighted by atomic mass is 9.99. The summed E-state index contributed by atoms with van der Waals surface area (Å²) < 4.78 is 68.4. The number of nitriles is 1. The largest absolute Gasteiger partial charge is 0.408 e. The Bertz CT molecular complexity index is 996. The predicted octanol–water partition coefficient (Wildman–Crippen LogP) is 4.24. The van der Waals surface area contributed by atoms with Gasteiger partial charge in [-0.25, -0.2) is 9.97 Å². The minimum atomic E-state index is -4.48. The van der Waals surface area contributed by atoms with E-state index in [1.165, 1.54) is 0 Å². The lowest BCUT2D eigenvalue weighted by molar-refractivity contribution is -0.160. The van der Waals surface area contributed by atoms with Gasteiger partial charge in [0.15, 0.2) is 0 Å². The van der Waals surface area contributed by atoms with Gasteiger partial charge >= 0.3 is 6.18 Å². The first-order chi connectivity index (χ1) is 14.1. The van der Waals surface area contributed by atoms with Crippen LogP contribution in [0.15, 0.2) is 24.3 Å². The molecule has 1 saturated heterocycles. The maximum atomic E-state index is 14.4. The van der Waals surface area contributed by atoms with E-state index in [0.717, 1.165) is 4.90 Å². The third kappa shape index (κ3) is 3.47. The average molecular weight is 423 g/mol. The highest BCUT2D eigenvalue weighted by Gasteiger charge is 2.51. The van der Waals surface area contributed by atoms with Crippen molar-refractivity contribution in [3.63, 3.8) is 0 Å². The zero-order valence-corrected chi connectivity index (χ0v) is 15.8. The van der Waals surface area contributed by atoms with Crippen LogP contribution >= 0.6 is 0 Å². The van der Waals surface area contributed by atoms with E-state index in [1.807, 2.05) is 6.07 Å². The topological polar surface area (TPSA) is 78.8 Å². The molecular formula is C20H18F5N5. The van der Waals surface area contributed by atoms with Gasteiger partial charge < -0.3 is 10.6 Å². The van der Waals surface area contributed by atoms with Gasteiger partial charge in [0.2, 0.25) is 5.95 Å². The van der Waals surface area contributed by atoms with Crippen molar-refractivity contribution >= 4 is 5.95 Å². The van der Waals surface area contributed by atoms with Gasteiger partial charge in [0, 0.05) is 30.1 Å². The van der Waals surface area contributed by atoms with Crippen LogP contribution in [0.2, 0.25) is 0 Å². The molecule has 1 fully saturated rings. The molecule has 2 N–H and O–H groups in total. The molecule has 1 aliphatic carbocycles. The maximum Gasteiger partial charge on any atom is 0.408 e. The Kier molecular flexibility index (Phi) is 4.89. The second kappa shape index (κ2) is 7.16. The molecule has 2 aromatic rings. The number of aromatic nitrogens is 2. The second-order valence-corrected chi connectivity index (χ2v) is 7.53. The summed E-state index contributed by atoms with van der Waals surface area (Å²) in [6.45, 7) is 0.0515. The number of nitrogens with two attached hydrogens (primary N) is 1. The molecule has 1 aliphatic heterocycles. The molecule has 1 unspecified atom stereocenters. The number of halogens is 5. The normalized spacial score (nSPS) is 21.0. The Labute approximate surface area is 169 Å². The molecule has 1 aromatic carbocycles. The van der Waals surface area contributed by atoms with E-state index in [2.05, 4.69) is 9.97 Å². The van der Waals surface area contributed by atoms with Crippen molar-refractivity contribution in [2.75, 3.05) is 11.4 Å². The van der Waals surface area contributed by atoms with Gasteiger partial charge in [0.05, 0.1) is 18.2 Å². The van der Waals surface area contributed by atoms with Gasteiger partial charge in [-0.15, -0.1) is 0 Å². The molecule has 0 bridgehead atoms. The van der Waals surface area contributed by atoms with E-state index >= 15 is 0 Å². The highest BCUT2D eigenvalue weighted by molar-refractivity contribution is 5.67. The maximum absolute atomic E-state index is 14.4. The van der Waals surface area contributed by atoms with Crippen LogP contribution in [0.1, 0.15) is 42.1 Å². The number of hydrogen-bond donors (Lipinski definition) is 1. The van der Waals surface area contributed by atoms with E-state index in [1.54, 1.807) is 24.3 Å². The summed E-state index contributed by atoms with van der Waals surface area (Å²) in [7, 11) is 0. The molecule has 2 heterocycles. The van der Waals surface area contributed by atoms with Crippen molar-refractivity contribution in [2.45, 2.75) is 49.9 Å². The first kappa shape index (κ1) is 20.5. The molecule has 10 heteroatoms. The third-order valence-corrected chi connectivity index (χ3v) is 5.61. The number of fused-ring (bicyclic) bond motifs is 1. The quantitative estimate of drug-likeness (QED) is 0.745. The van der Waals surface area contributed by atoms with Crippen molar-refractivity contribution in [2.24, 2.45) is 5.73 Å². The van der Waals surface area contributed by atoms with Crippen LogP contribution in [0.3, 0.4) is 0 Å². The van der Waals surface area contributed by atoms with Gasteiger partial charge in [0.1, 0.15) is 11.7 Å². The zero-order valence-electron chi connectivity index (χ0n) is 15.8. The molecular weight excluding hydrogens is 405 g/mol. The van der Waals surface area contributed by atoms with E-state index in [0.29, 0.717) is 11.1 Å². The molecule has 0 spiro atoms. The third-order valence-electron chi connectivity index (χ3n) is 5.61. The van der Waals surface area contributed by atoms with E-state index < -0.39 is 36.3 Å². The number of nitrogens with zero attached hydrogens (tertiary/aromatic N) is 4. The zero-order chi connectivity index (χ0) is 21.7. The number of rotatable bonds is 4. The summed E-state index contributed by atoms with van der Waals surface area (Å²) in [4.78, 5) is 9.06. The van der Waals surface area contributed by atoms with Gasteiger partial charge in [-0.05, 0) is 18.4 Å². The smallest absolute Gasteiger partial charge is 0.329 e. The van der Waals surface area contributed by atoms with Crippen molar-refractivity contribution in [3.8, 4) is 17.3 Å². The summed E-state index contributed by atoms with van der Waals surface area (Å²) >= 11 is 0. The Morgan fingerprint density at radius 3 is 2.50 bits per heavy atom. The number of hydrogen-bond acceptors (Lipinski definition) is 5. The fraction of sp³-hybridized carbons (Fsp3) is 0.450. The highest BCUT2D eigenvalue weighted by Crippen LogP contribution is 2.45. The Balaban J connectivity index is 1.77.